The van der Waals surface area contributed by atoms with Gasteiger partial charge in [-0.05, 0) is 57.2 Å². The zero-order chi connectivity index (χ0) is 22.8. The number of carbonyl (C=O) groups excluding carboxylic acids is 1. The molecular weight excluding hydrogens is 408 g/mol. The molecule has 7 nitrogen and oxygen atoms in total. The fourth-order valence-corrected chi connectivity index (χ4v) is 2.73. The number of carboxylic acid groups (broad SMARTS) is 1. The average molecular weight is 427 g/mol. The molecule has 3 aromatic rings. The monoisotopic (exact) mass is 427 g/mol. The topological polar surface area (TPSA) is 101 Å². The number of anilines is 2. The fourth-order valence-electron chi connectivity index (χ4n) is 2.73. The molecule has 0 bridgehead atoms. The first-order valence-corrected chi connectivity index (χ1v) is 9.21. The number of aromatic nitrogens is 2. The first kappa shape index (κ1) is 21.8. The van der Waals surface area contributed by atoms with Gasteiger partial charge in [-0.15, -0.1) is 10.2 Å². The summed E-state index contributed by atoms with van der Waals surface area (Å²) in [4.78, 5) is 23.9. The van der Waals surface area contributed by atoms with E-state index in [-0.39, 0.29) is 16.9 Å². The number of ether oxygens (including phenoxy) is 1. The molecule has 9 heteroatoms. The normalized spacial score (nSPS) is 11.1. The minimum Gasteiger partial charge on any atom is -0.476 e. The van der Waals surface area contributed by atoms with Gasteiger partial charge in [0.05, 0.1) is 16.8 Å². The number of benzene rings is 2. The largest absolute Gasteiger partial charge is 0.476 e. The second-order valence-corrected chi connectivity index (χ2v) is 7.60. The molecule has 3 rings (SSSR count). The SMILES string of the molecule is CC(C)(C)OC(=O)c1cccc(Nc2cc(-c3c(F)cccc3F)nnc2C(=O)O)c1. The minimum atomic E-state index is -1.39. The van der Waals surface area contributed by atoms with E-state index in [4.69, 9.17) is 4.74 Å². The Bertz CT molecular complexity index is 1140. The summed E-state index contributed by atoms with van der Waals surface area (Å²) < 4.78 is 33.6. The second-order valence-electron chi connectivity index (χ2n) is 7.60. The van der Waals surface area contributed by atoms with Gasteiger partial charge in [-0.2, -0.15) is 0 Å². The number of hydrogen-bond acceptors (Lipinski definition) is 6. The average Bonchev–Trinajstić information content (AvgIpc) is 2.67. The van der Waals surface area contributed by atoms with E-state index >= 15 is 0 Å². The van der Waals surface area contributed by atoms with Gasteiger partial charge in [0, 0.05) is 5.69 Å². The van der Waals surface area contributed by atoms with Crippen molar-refractivity contribution < 1.29 is 28.2 Å². The highest BCUT2D eigenvalue weighted by Gasteiger charge is 2.21. The van der Waals surface area contributed by atoms with Crippen LogP contribution >= 0.6 is 0 Å². The lowest BCUT2D eigenvalue weighted by molar-refractivity contribution is 0.00693. The van der Waals surface area contributed by atoms with Crippen LogP contribution in [0.25, 0.3) is 11.3 Å². The van der Waals surface area contributed by atoms with E-state index in [9.17, 15) is 23.5 Å². The van der Waals surface area contributed by atoms with Crippen LogP contribution in [-0.2, 0) is 4.74 Å². The van der Waals surface area contributed by atoms with Crippen molar-refractivity contribution in [3.05, 3.63) is 71.4 Å². The molecule has 0 spiro atoms. The Morgan fingerprint density at radius 2 is 1.65 bits per heavy atom. The van der Waals surface area contributed by atoms with E-state index in [2.05, 4.69) is 15.5 Å². The van der Waals surface area contributed by atoms with Gasteiger partial charge in [0.25, 0.3) is 0 Å². The molecule has 0 saturated carbocycles. The lowest BCUT2D eigenvalue weighted by atomic mass is 10.1. The van der Waals surface area contributed by atoms with Gasteiger partial charge >= 0.3 is 11.9 Å². The molecule has 0 aliphatic carbocycles. The van der Waals surface area contributed by atoms with Crippen molar-refractivity contribution in [3.8, 4) is 11.3 Å². The first-order chi connectivity index (χ1) is 14.5. The zero-order valence-corrected chi connectivity index (χ0v) is 16.9. The molecule has 1 aromatic heterocycles. The molecule has 0 radical (unpaired) electrons. The molecule has 0 aliphatic heterocycles. The Hall–Kier alpha value is -3.88. The number of halogens is 2. The van der Waals surface area contributed by atoms with Gasteiger partial charge in [-0.1, -0.05) is 12.1 Å². The summed E-state index contributed by atoms with van der Waals surface area (Å²) in [5, 5.41) is 19.5. The Morgan fingerprint density at radius 3 is 2.26 bits per heavy atom. The van der Waals surface area contributed by atoms with E-state index in [1.165, 1.54) is 18.2 Å². The van der Waals surface area contributed by atoms with E-state index in [0.717, 1.165) is 12.1 Å². The van der Waals surface area contributed by atoms with Gasteiger partial charge in [0.1, 0.15) is 22.9 Å². The summed E-state index contributed by atoms with van der Waals surface area (Å²) in [6.07, 6.45) is 0. The van der Waals surface area contributed by atoms with Crippen molar-refractivity contribution in [2.45, 2.75) is 26.4 Å². The van der Waals surface area contributed by atoms with Crippen LogP contribution in [0.1, 0.15) is 41.6 Å². The van der Waals surface area contributed by atoms with E-state index in [0.29, 0.717) is 5.69 Å². The van der Waals surface area contributed by atoms with Crippen LogP contribution in [0.2, 0.25) is 0 Å². The lowest BCUT2D eigenvalue weighted by Gasteiger charge is -2.19. The predicted molar refractivity (Wildman–Crippen MR) is 109 cm³/mol. The van der Waals surface area contributed by atoms with Gasteiger partial charge < -0.3 is 15.2 Å². The number of carbonyl (C=O) groups is 2. The summed E-state index contributed by atoms with van der Waals surface area (Å²) >= 11 is 0. The smallest absolute Gasteiger partial charge is 0.358 e. The van der Waals surface area contributed by atoms with Gasteiger partial charge in [-0.3, -0.25) is 0 Å². The second kappa shape index (κ2) is 8.47. The number of esters is 1. The highest BCUT2D eigenvalue weighted by atomic mass is 19.1. The molecule has 0 saturated heterocycles. The molecule has 1 heterocycles. The molecule has 2 N–H and O–H groups in total. The van der Waals surface area contributed by atoms with Crippen LogP contribution in [-0.4, -0.2) is 32.8 Å². The van der Waals surface area contributed by atoms with Gasteiger partial charge in [0.15, 0.2) is 5.69 Å². The number of rotatable bonds is 5. The van der Waals surface area contributed by atoms with Crippen molar-refractivity contribution in [1.82, 2.24) is 10.2 Å². The third-order valence-corrected chi connectivity index (χ3v) is 3.99. The molecular formula is C22H19F2N3O4. The highest BCUT2D eigenvalue weighted by Crippen LogP contribution is 2.29. The predicted octanol–water partition coefficient (Wildman–Crippen LogP) is 4.82. The van der Waals surface area contributed by atoms with Crippen molar-refractivity contribution >= 4 is 23.3 Å². The Labute approximate surface area is 176 Å². The van der Waals surface area contributed by atoms with Crippen molar-refractivity contribution in [3.63, 3.8) is 0 Å². The van der Waals surface area contributed by atoms with Crippen LogP contribution in [0.15, 0.2) is 48.5 Å². The Kier molecular flexibility index (Phi) is 5.96. The summed E-state index contributed by atoms with van der Waals surface area (Å²) in [6, 6.07) is 10.7. The lowest BCUT2D eigenvalue weighted by Crippen LogP contribution is -2.23. The third-order valence-electron chi connectivity index (χ3n) is 3.99. The maximum Gasteiger partial charge on any atom is 0.358 e. The summed E-state index contributed by atoms with van der Waals surface area (Å²) in [7, 11) is 0. The molecule has 31 heavy (non-hydrogen) atoms. The number of hydrogen-bond donors (Lipinski definition) is 2. The van der Waals surface area contributed by atoms with Crippen LogP contribution in [0, 0.1) is 11.6 Å². The van der Waals surface area contributed by atoms with Crippen LogP contribution in [0.5, 0.6) is 0 Å². The maximum absolute atomic E-state index is 14.1. The standard InChI is InChI=1S/C22H19F2N3O4/c1-22(2,3)31-21(30)12-6-4-7-13(10-12)25-17-11-16(26-27-19(17)20(28)29)18-14(23)8-5-9-15(18)24/h4-11H,1-3H3,(H,25,26)(H,28,29). The molecule has 0 amide bonds. The Balaban J connectivity index is 2.00. The Morgan fingerprint density at radius 1 is 1.00 bits per heavy atom. The number of carboxylic acids is 1. The number of aromatic carboxylic acids is 1. The van der Waals surface area contributed by atoms with Crippen LogP contribution in [0.4, 0.5) is 20.2 Å². The summed E-state index contributed by atoms with van der Waals surface area (Å²) in [6.45, 7) is 5.20. The fraction of sp³-hybridized carbons (Fsp3) is 0.182. The maximum atomic E-state index is 14.1. The summed E-state index contributed by atoms with van der Waals surface area (Å²) in [5.41, 5.74) is -1.24. The number of nitrogens with zero attached hydrogens (tertiary/aromatic N) is 2. The van der Waals surface area contributed by atoms with Crippen LogP contribution < -0.4 is 5.32 Å². The van der Waals surface area contributed by atoms with Gasteiger partial charge in [-0.25, -0.2) is 18.4 Å². The first-order valence-electron chi connectivity index (χ1n) is 9.21. The molecule has 0 fully saturated rings. The molecule has 2 aromatic carbocycles. The third kappa shape index (κ3) is 5.19. The van der Waals surface area contributed by atoms with E-state index in [1.54, 1.807) is 39.0 Å². The number of nitrogens with one attached hydrogen (secondary N) is 1. The van der Waals surface area contributed by atoms with E-state index in [1.807, 2.05) is 0 Å². The van der Waals surface area contributed by atoms with Crippen molar-refractivity contribution in [2.75, 3.05) is 5.32 Å². The minimum absolute atomic E-state index is 0.0542. The summed E-state index contributed by atoms with van der Waals surface area (Å²) in [5.74, 6) is -3.68. The molecule has 0 atom stereocenters. The molecule has 0 unspecified atom stereocenters. The zero-order valence-electron chi connectivity index (χ0n) is 16.9. The van der Waals surface area contributed by atoms with Crippen LogP contribution in [0.3, 0.4) is 0 Å². The van der Waals surface area contributed by atoms with Crippen molar-refractivity contribution in [2.24, 2.45) is 0 Å². The highest BCUT2D eigenvalue weighted by molar-refractivity contribution is 5.94. The van der Waals surface area contributed by atoms with E-state index < -0.39 is 40.4 Å². The van der Waals surface area contributed by atoms with Gasteiger partial charge in [0.2, 0.25) is 0 Å². The molecule has 0 aliphatic rings. The quantitative estimate of drug-likeness (QED) is 0.563. The van der Waals surface area contributed by atoms with Crippen molar-refractivity contribution in [1.29, 1.82) is 0 Å². The molecule has 160 valence electrons.